The van der Waals surface area contributed by atoms with E-state index in [9.17, 15) is 22.8 Å². The maximum atomic E-state index is 14.2. The van der Waals surface area contributed by atoms with Crippen LogP contribution in [0, 0.1) is 0 Å². The SMILES string of the molecule is Cn1cc(-n2ncc(C(=O)Nc3cnc(-n4nccn4)c(Cl)c3)c2C(F)(F)F)c2ccccc2c1=O. The summed E-state index contributed by atoms with van der Waals surface area (Å²) in [6.45, 7) is 0. The number of fused-ring (bicyclic) bond motifs is 1. The number of nitrogens with zero attached hydrogens (tertiary/aromatic N) is 7. The Balaban J connectivity index is 1.57. The first-order valence-corrected chi connectivity index (χ1v) is 10.6. The lowest BCUT2D eigenvalue weighted by molar-refractivity contribution is -0.143. The topological polar surface area (TPSA) is 113 Å². The molecular weight excluding hydrogens is 501 g/mol. The minimum Gasteiger partial charge on any atom is -0.320 e. The third kappa shape index (κ3) is 3.98. The van der Waals surface area contributed by atoms with Crippen molar-refractivity contribution in [3.63, 3.8) is 0 Å². The van der Waals surface area contributed by atoms with Gasteiger partial charge in [-0.15, -0.1) is 4.80 Å². The first kappa shape index (κ1) is 23.2. The summed E-state index contributed by atoms with van der Waals surface area (Å²) < 4.78 is 44.4. The van der Waals surface area contributed by atoms with Crippen LogP contribution in [0.1, 0.15) is 16.1 Å². The third-order valence-corrected chi connectivity index (χ3v) is 5.55. The second-order valence-electron chi connectivity index (χ2n) is 7.59. The Morgan fingerprint density at radius 1 is 1.06 bits per heavy atom. The summed E-state index contributed by atoms with van der Waals surface area (Å²) in [5.74, 6) is -0.907. The molecule has 5 aromatic rings. The number of benzene rings is 1. The molecule has 4 heterocycles. The summed E-state index contributed by atoms with van der Waals surface area (Å²) in [5, 5.41) is 14.5. The molecule has 36 heavy (non-hydrogen) atoms. The zero-order valence-electron chi connectivity index (χ0n) is 18.2. The van der Waals surface area contributed by atoms with Crippen molar-refractivity contribution in [2.24, 2.45) is 7.05 Å². The molecule has 0 fully saturated rings. The summed E-state index contributed by atoms with van der Waals surface area (Å²) in [5.41, 5.74) is -2.38. The number of amides is 1. The molecule has 10 nitrogen and oxygen atoms in total. The lowest BCUT2D eigenvalue weighted by atomic mass is 10.1. The fraction of sp³-hybridized carbons (Fsp3) is 0.0909. The average Bonchev–Trinajstić information content (AvgIpc) is 3.52. The number of nitrogens with one attached hydrogen (secondary N) is 1. The summed E-state index contributed by atoms with van der Waals surface area (Å²) in [6, 6.07) is 7.52. The zero-order valence-corrected chi connectivity index (χ0v) is 19.0. The largest absolute Gasteiger partial charge is 0.434 e. The highest BCUT2D eigenvalue weighted by molar-refractivity contribution is 6.32. The second-order valence-corrected chi connectivity index (χ2v) is 8.00. The second kappa shape index (κ2) is 8.61. The number of hydrogen-bond acceptors (Lipinski definition) is 6. The Morgan fingerprint density at radius 3 is 2.42 bits per heavy atom. The molecule has 0 spiro atoms. The van der Waals surface area contributed by atoms with Crippen molar-refractivity contribution >= 4 is 34.0 Å². The molecule has 0 aliphatic carbocycles. The number of carbonyl (C=O) groups excluding carboxylic acids is 1. The van der Waals surface area contributed by atoms with Crippen LogP contribution >= 0.6 is 11.6 Å². The highest BCUT2D eigenvalue weighted by atomic mass is 35.5. The Labute approximate surface area is 204 Å². The van der Waals surface area contributed by atoms with Crippen LogP contribution in [0.5, 0.6) is 0 Å². The van der Waals surface area contributed by atoms with Gasteiger partial charge in [0.1, 0.15) is 0 Å². The lowest BCUT2D eigenvalue weighted by Gasteiger charge is -2.15. The number of carbonyl (C=O) groups is 1. The van der Waals surface area contributed by atoms with Gasteiger partial charge in [0.15, 0.2) is 11.5 Å². The first-order valence-electron chi connectivity index (χ1n) is 10.2. The van der Waals surface area contributed by atoms with Gasteiger partial charge < -0.3 is 9.88 Å². The molecule has 4 aromatic heterocycles. The van der Waals surface area contributed by atoms with Crippen LogP contribution < -0.4 is 10.9 Å². The minimum atomic E-state index is -4.95. The monoisotopic (exact) mass is 514 g/mol. The van der Waals surface area contributed by atoms with Gasteiger partial charge in [-0.1, -0.05) is 29.8 Å². The van der Waals surface area contributed by atoms with Crippen molar-refractivity contribution < 1.29 is 18.0 Å². The van der Waals surface area contributed by atoms with E-state index in [1.165, 1.54) is 50.0 Å². The van der Waals surface area contributed by atoms with E-state index in [4.69, 9.17) is 11.6 Å². The van der Waals surface area contributed by atoms with Crippen molar-refractivity contribution in [1.29, 1.82) is 0 Å². The molecule has 0 saturated carbocycles. The van der Waals surface area contributed by atoms with Crippen molar-refractivity contribution in [3.05, 3.63) is 87.9 Å². The van der Waals surface area contributed by atoms with E-state index in [1.54, 1.807) is 12.1 Å². The number of rotatable bonds is 4. The molecule has 1 N–H and O–H groups in total. The highest BCUT2D eigenvalue weighted by Crippen LogP contribution is 2.35. The van der Waals surface area contributed by atoms with Gasteiger partial charge in [-0.05, 0) is 12.1 Å². The van der Waals surface area contributed by atoms with Crippen molar-refractivity contribution in [2.75, 3.05) is 5.32 Å². The summed E-state index contributed by atoms with van der Waals surface area (Å²) >= 11 is 6.18. The predicted octanol–water partition coefficient (Wildman–Crippen LogP) is 3.62. The first-order chi connectivity index (χ1) is 17.1. The average molecular weight is 515 g/mol. The molecule has 1 aromatic carbocycles. The number of pyridine rings is 2. The molecular formula is C22H14ClF3N8O2. The van der Waals surface area contributed by atoms with Crippen LogP contribution in [0.4, 0.5) is 18.9 Å². The Kier molecular flexibility index (Phi) is 5.55. The van der Waals surface area contributed by atoms with E-state index >= 15 is 0 Å². The van der Waals surface area contributed by atoms with Crippen LogP contribution in [-0.2, 0) is 13.2 Å². The normalized spacial score (nSPS) is 11.7. The van der Waals surface area contributed by atoms with Gasteiger partial charge in [-0.3, -0.25) is 9.59 Å². The molecule has 5 rings (SSSR count). The standard InChI is InChI=1S/C22H14ClF3N8O2/c1-32-11-17(13-4-2-3-5-14(13)21(32)36)33-18(22(24,25)26)15(10-30-33)20(35)31-12-8-16(23)19(27-9-12)34-28-6-7-29-34/h2-11H,1H3,(H,31,35). The summed E-state index contributed by atoms with van der Waals surface area (Å²) in [7, 11) is 1.42. The van der Waals surface area contributed by atoms with Crippen molar-refractivity contribution in [3.8, 4) is 11.5 Å². The molecule has 0 aliphatic rings. The number of hydrogen-bond donors (Lipinski definition) is 1. The third-order valence-electron chi connectivity index (χ3n) is 5.27. The number of alkyl halides is 3. The van der Waals surface area contributed by atoms with Gasteiger partial charge in [0.25, 0.3) is 11.5 Å². The van der Waals surface area contributed by atoms with E-state index in [2.05, 4.69) is 25.6 Å². The zero-order chi connectivity index (χ0) is 25.6. The van der Waals surface area contributed by atoms with E-state index in [-0.39, 0.29) is 38.5 Å². The maximum Gasteiger partial charge on any atom is 0.434 e. The fourth-order valence-electron chi connectivity index (χ4n) is 3.70. The Hall–Kier alpha value is -4.52. The Bertz CT molecular complexity index is 1680. The molecule has 1 amide bonds. The molecule has 0 atom stereocenters. The van der Waals surface area contributed by atoms with E-state index in [0.29, 0.717) is 4.68 Å². The van der Waals surface area contributed by atoms with Crippen LogP contribution in [0.15, 0.2) is 66.1 Å². The summed E-state index contributed by atoms with van der Waals surface area (Å²) in [6.07, 6.45) is 1.14. The molecule has 0 saturated heterocycles. The van der Waals surface area contributed by atoms with E-state index in [1.807, 2.05) is 0 Å². The van der Waals surface area contributed by atoms with Gasteiger partial charge in [-0.25, -0.2) is 9.67 Å². The number of anilines is 1. The summed E-state index contributed by atoms with van der Waals surface area (Å²) in [4.78, 5) is 30.6. The van der Waals surface area contributed by atoms with Crippen LogP contribution in [0.3, 0.4) is 0 Å². The molecule has 0 unspecified atom stereocenters. The van der Waals surface area contributed by atoms with Gasteiger partial charge in [0.05, 0.1) is 46.7 Å². The van der Waals surface area contributed by atoms with Crippen molar-refractivity contribution in [1.82, 2.24) is 34.3 Å². The fourth-order valence-corrected chi connectivity index (χ4v) is 3.95. The van der Waals surface area contributed by atoms with Crippen LogP contribution in [0.2, 0.25) is 5.02 Å². The lowest BCUT2D eigenvalue weighted by Crippen LogP contribution is -2.23. The van der Waals surface area contributed by atoms with Gasteiger partial charge in [0, 0.05) is 24.0 Å². The molecule has 0 bridgehead atoms. The minimum absolute atomic E-state index is 0.0140. The van der Waals surface area contributed by atoms with Crippen LogP contribution in [0.25, 0.3) is 22.3 Å². The molecule has 0 aliphatic heterocycles. The van der Waals surface area contributed by atoms with Gasteiger partial charge >= 0.3 is 6.18 Å². The number of halogens is 4. The number of aryl methyl sites for hydroxylation is 1. The Morgan fingerprint density at radius 2 is 1.75 bits per heavy atom. The highest BCUT2D eigenvalue weighted by Gasteiger charge is 2.41. The molecule has 182 valence electrons. The van der Waals surface area contributed by atoms with Crippen molar-refractivity contribution in [2.45, 2.75) is 6.18 Å². The van der Waals surface area contributed by atoms with E-state index < -0.39 is 23.3 Å². The molecule has 14 heteroatoms. The van der Waals surface area contributed by atoms with Gasteiger partial charge in [-0.2, -0.15) is 28.5 Å². The predicted molar refractivity (Wildman–Crippen MR) is 123 cm³/mol. The maximum absolute atomic E-state index is 14.2. The quantitative estimate of drug-likeness (QED) is 0.392. The van der Waals surface area contributed by atoms with Gasteiger partial charge in [0.2, 0.25) is 0 Å². The van der Waals surface area contributed by atoms with E-state index in [0.717, 1.165) is 15.6 Å². The molecule has 0 radical (unpaired) electrons. The number of aromatic nitrogens is 7. The van der Waals surface area contributed by atoms with Crippen LogP contribution in [-0.4, -0.2) is 40.2 Å². The smallest absolute Gasteiger partial charge is 0.320 e.